The maximum Gasteiger partial charge on any atom is 0.203 e. The first-order valence-electron chi connectivity index (χ1n) is 6.43. The van der Waals surface area contributed by atoms with Crippen LogP contribution in [0.3, 0.4) is 0 Å². The number of aromatic nitrogens is 3. The van der Waals surface area contributed by atoms with E-state index in [2.05, 4.69) is 15.2 Å². The molecular weight excluding hydrogens is 304 g/mol. The number of Topliss-reactive ketones (excluding diaryl/α,β-unsaturated/α-hetero) is 1. The van der Waals surface area contributed by atoms with Crippen molar-refractivity contribution in [2.24, 2.45) is 0 Å². The Hall–Kier alpha value is -1.86. The van der Waals surface area contributed by atoms with Gasteiger partial charge in [-0.05, 0) is 19.9 Å². The van der Waals surface area contributed by atoms with Crippen LogP contribution in [0, 0.1) is 6.92 Å². The zero-order chi connectivity index (χ0) is 15.0. The Morgan fingerprint density at radius 1 is 1.38 bits per heavy atom. The molecule has 0 spiro atoms. The van der Waals surface area contributed by atoms with Gasteiger partial charge in [-0.2, -0.15) is 0 Å². The lowest BCUT2D eigenvalue weighted by Gasteiger charge is -2.08. The quantitative estimate of drug-likeness (QED) is 0.569. The summed E-state index contributed by atoms with van der Waals surface area (Å²) in [5, 5.41) is 8.86. The molecule has 0 radical (unpaired) electrons. The van der Waals surface area contributed by atoms with Crippen LogP contribution in [0.15, 0.2) is 28.6 Å². The number of carbonyl (C=O) groups is 1. The van der Waals surface area contributed by atoms with Crippen LogP contribution in [-0.2, 0) is 0 Å². The number of hydrogen-bond donors (Lipinski definition) is 2. The number of hydrogen-bond acceptors (Lipinski definition) is 6. The van der Waals surface area contributed by atoms with E-state index in [1.54, 1.807) is 0 Å². The Morgan fingerprint density at radius 3 is 2.86 bits per heavy atom. The second-order valence-electron chi connectivity index (χ2n) is 4.70. The summed E-state index contributed by atoms with van der Waals surface area (Å²) < 4.78 is 0.714. The molecule has 2 heterocycles. The highest BCUT2D eigenvalue weighted by Gasteiger charge is 2.23. The fourth-order valence-corrected chi connectivity index (χ4v) is 4.11. The van der Waals surface area contributed by atoms with Gasteiger partial charge in [-0.3, -0.25) is 4.79 Å². The normalized spacial score (nSPS) is 12.7. The largest absolute Gasteiger partial charge is 0.374 e. The number of thioether (sulfide) groups is 1. The number of ketones is 1. The van der Waals surface area contributed by atoms with Crippen molar-refractivity contribution in [3.05, 3.63) is 35.5 Å². The van der Waals surface area contributed by atoms with E-state index in [0.717, 1.165) is 22.2 Å². The van der Waals surface area contributed by atoms with E-state index in [0.29, 0.717) is 9.47 Å². The number of aryl methyl sites for hydroxylation is 1. The number of anilines is 1. The highest BCUT2D eigenvalue weighted by molar-refractivity contribution is 8.02. The Balaban J connectivity index is 1.91. The number of nitrogen functional groups attached to an aromatic ring is 1. The molecule has 7 heteroatoms. The summed E-state index contributed by atoms with van der Waals surface area (Å²) in [7, 11) is 0. The van der Waals surface area contributed by atoms with E-state index in [1.165, 1.54) is 23.1 Å². The Kier molecular flexibility index (Phi) is 3.69. The van der Waals surface area contributed by atoms with E-state index in [-0.39, 0.29) is 11.0 Å². The molecule has 0 unspecified atom stereocenters. The SMILES string of the molecule is Cc1[nH]c2ccccc2c1C(=O)[C@@H](C)Sc1nnc(N)s1. The molecule has 5 nitrogen and oxygen atoms in total. The lowest BCUT2D eigenvalue weighted by molar-refractivity contribution is 0.0995. The second-order valence-corrected chi connectivity index (χ2v) is 7.30. The fourth-order valence-electron chi connectivity index (χ4n) is 2.27. The van der Waals surface area contributed by atoms with E-state index >= 15 is 0 Å². The van der Waals surface area contributed by atoms with E-state index < -0.39 is 0 Å². The Bertz CT molecular complexity index is 808. The molecule has 2 aromatic heterocycles. The average Bonchev–Trinajstić information content (AvgIpc) is 3.00. The van der Waals surface area contributed by atoms with Crippen LogP contribution in [0.2, 0.25) is 0 Å². The molecule has 3 rings (SSSR count). The summed E-state index contributed by atoms with van der Waals surface area (Å²) in [4.78, 5) is 16.0. The molecule has 0 saturated carbocycles. The second kappa shape index (κ2) is 5.50. The van der Waals surface area contributed by atoms with Crippen molar-refractivity contribution in [3.8, 4) is 0 Å². The number of aromatic amines is 1. The average molecular weight is 318 g/mol. The highest BCUT2D eigenvalue weighted by Crippen LogP contribution is 2.31. The van der Waals surface area contributed by atoms with Crippen molar-refractivity contribution >= 4 is 44.9 Å². The molecule has 3 aromatic rings. The number of carbonyl (C=O) groups excluding carboxylic acids is 1. The van der Waals surface area contributed by atoms with Gasteiger partial charge in [-0.15, -0.1) is 10.2 Å². The minimum Gasteiger partial charge on any atom is -0.374 e. The van der Waals surface area contributed by atoms with Crippen LogP contribution >= 0.6 is 23.1 Å². The molecule has 0 fully saturated rings. The predicted octanol–water partition coefficient (Wildman–Crippen LogP) is 3.27. The predicted molar refractivity (Wildman–Crippen MR) is 87.0 cm³/mol. The molecule has 0 aliphatic rings. The topological polar surface area (TPSA) is 84.7 Å². The summed E-state index contributed by atoms with van der Waals surface area (Å²) in [6.45, 7) is 3.80. The molecular formula is C14H14N4OS2. The van der Waals surface area contributed by atoms with Gasteiger partial charge in [0.2, 0.25) is 5.13 Å². The van der Waals surface area contributed by atoms with Crippen molar-refractivity contribution in [2.45, 2.75) is 23.4 Å². The van der Waals surface area contributed by atoms with Crippen molar-refractivity contribution in [2.75, 3.05) is 5.73 Å². The lowest BCUT2D eigenvalue weighted by Crippen LogP contribution is -2.14. The number of H-pyrrole nitrogens is 1. The number of fused-ring (bicyclic) bond motifs is 1. The summed E-state index contributed by atoms with van der Waals surface area (Å²) >= 11 is 2.69. The molecule has 0 aliphatic carbocycles. The van der Waals surface area contributed by atoms with Crippen molar-refractivity contribution in [1.82, 2.24) is 15.2 Å². The molecule has 0 saturated heterocycles. The first kappa shape index (κ1) is 14.1. The van der Waals surface area contributed by atoms with Crippen LogP contribution in [0.4, 0.5) is 5.13 Å². The van der Waals surface area contributed by atoms with Gasteiger partial charge in [0.25, 0.3) is 0 Å². The third-order valence-electron chi connectivity index (χ3n) is 3.21. The molecule has 0 amide bonds. The Morgan fingerprint density at radius 2 is 2.14 bits per heavy atom. The number of benzene rings is 1. The van der Waals surface area contributed by atoms with Crippen LogP contribution in [0.25, 0.3) is 10.9 Å². The van der Waals surface area contributed by atoms with Gasteiger partial charge in [0.1, 0.15) is 0 Å². The first-order valence-corrected chi connectivity index (χ1v) is 8.13. The standard InChI is InChI=1S/C14H14N4OS2/c1-7-11(9-5-3-4-6-10(9)16-7)12(19)8(2)20-14-18-17-13(15)21-14/h3-6,8,16H,1-2H3,(H2,15,17)/t8-/m1/s1. The van der Waals surface area contributed by atoms with Crippen LogP contribution in [0.1, 0.15) is 23.0 Å². The van der Waals surface area contributed by atoms with E-state index in [1.807, 2.05) is 38.1 Å². The zero-order valence-corrected chi connectivity index (χ0v) is 13.2. The fraction of sp³-hybridized carbons (Fsp3) is 0.214. The maximum absolute atomic E-state index is 12.7. The number of para-hydroxylation sites is 1. The molecule has 0 aliphatic heterocycles. The van der Waals surface area contributed by atoms with Gasteiger partial charge >= 0.3 is 0 Å². The molecule has 3 N–H and O–H groups in total. The highest BCUT2D eigenvalue weighted by atomic mass is 32.2. The summed E-state index contributed by atoms with van der Waals surface area (Å²) in [5.74, 6) is 0.0868. The number of rotatable bonds is 4. The van der Waals surface area contributed by atoms with Gasteiger partial charge < -0.3 is 10.7 Å². The first-order chi connectivity index (χ1) is 10.1. The zero-order valence-electron chi connectivity index (χ0n) is 11.6. The van der Waals surface area contributed by atoms with Gasteiger partial charge in [-0.1, -0.05) is 41.3 Å². The van der Waals surface area contributed by atoms with Crippen molar-refractivity contribution in [3.63, 3.8) is 0 Å². The number of nitrogens with zero attached hydrogens (tertiary/aromatic N) is 2. The Labute approximate surface area is 130 Å². The number of nitrogens with two attached hydrogens (primary N) is 1. The molecule has 1 aromatic carbocycles. The van der Waals surface area contributed by atoms with Crippen molar-refractivity contribution in [1.29, 1.82) is 0 Å². The third kappa shape index (κ3) is 2.66. The van der Waals surface area contributed by atoms with Gasteiger partial charge in [0, 0.05) is 22.2 Å². The maximum atomic E-state index is 12.7. The van der Waals surface area contributed by atoms with Crippen molar-refractivity contribution < 1.29 is 4.79 Å². The van der Waals surface area contributed by atoms with Crippen LogP contribution in [-0.4, -0.2) is 26.2 Å². The van der Waals surface area contributed by atoms with Crippen LogP contribution in [0.5, 0.6) is 0 Å². The van der Waals surface area contributed by atoms with Crippen LogP contribution < -0.4 is 5.73 Å². The van der Waals surface area contributed by atoms with Gasteiger partial charge in [0.05, 0.1) is 5.25 Å². The minimum atomic E-state index is -0.241. The summed E-state index contributed by atoms with van der Waals surface area (Å²) in [6, 6.07) is 7.83. The minimum absolute atomic E-state index is 0.0868. The van der Waals surface area contributed by atoms with Gasteiger partial charge in [0.15, 0.2) is 10.1 Å². The van der Waals surface area contributed by atoms with E-state index in [9.17, 15) is 4.79 Å². The summed E-state index contributed by atoms with van der Waals surface area (Å²) in [5.41, 5.74) is 8.19. The third-order valence-corrected chi connectivity index (χ3v) is 5.15. The van der Waals surface area contributed by atoms with Gasteiger partial charge in [-0.25, -0.2) is 0 Å². The molecule has 1 atom stereocenters. The van der Waals surface area contributed by atoms with E-state index in [4.69, 9.17) is 5.73 Å². The molecule has 0 bridgehead atoms. The molecule has 108 valence electrons. The number of nitrogens with one attached hydrogen (secondary N) is 1. The smallest absolute Gasteiger partial charge is 0.203 e. The lowest BCUT2D eigenvalue weighted by atomic mass is 10.1. The molecule has 21 heavy (non-hydrogen) atoms. The summed E-state index contributed by atoms with van der Waals surface area (Å²) in [6.07, 6.45) is 0. The monoisotopic (exact) mass is 318 g/mol.